The van der Waals surface area contributed by atoms with Crippen LogP contribution in [-0.4, -0.2) is 17.6 Å². The Bertz CT molecular complexity index is 456. The van der Waals surface area contributed by atoms with Gasteiger partial charge in [0.2, 0.25) is 0 Å². The predicted octanol–water partition coefficient (Wildman–Crippen LogP) is 2.94. The molecule has 0 heterocycles. The Morgan fingerprint density at radius 1 is 1.37 bits per heavy atom. The third-order valence-corrected chi connectivity index (χ3v) is 3.90. The fourth-order valence-electron chi connectivity index (χ4n) is 2.85. The molecular formula is C16H23NO2. The van der Waals surface area contributed by atoms with Gasteiger partial charge in [-0.1, -0.05) is 44.5 Å². The second-order valence-corrected chi connectivity index (χ2v) is 5.85. The lowest BCUT2D eigenvalue weighted by Gasteiger charge is -2.32. The lowest BCUT2D eigenvalue weighted by molar-refractivity contribution is -0.146. The summed E-state index contributed by atoms with van der Waals surface area (Å²) in [5.41, 5.74) is 1.23. The van der Waals surface area contributed by atoms with Crippen LogP contribution in [0, 0.1) is 5.92 Å². The Hall–Kier alpha value is -1.35. The van der Waals surface area contributed by atoms with Crippen LogP contribution in [0.15, 0.2) is 24.3 Å². The lowest BCUT2D eigenvalue weighted by Crippen LogP contribution is -2.50. The minimum Gasteiger partial charge on any atom is -0.480 e. The van der Waals surface area contributed by atoms with Gasteiger partial charge in [0.05, 0.1) is 0 Å². The van der Waals surface area contributed by atoms with E-state index in [-0.39, 0.29) is 0 Å². The van der Waals surface area contributed by atoms with E-state index in [4.69, 9.17) is 0 Å². The summed E-state index contributed by atoms with van der Waals surface area (Å²) in [5, 5.41) is 13.1. The lowest BCUT2D eigenvalue weighted by atomic mass is 9.84. The standard InChI is InChI=1S/C16H23NO2/c1-12(2)11-17-16(15(18)19)10-6-5-8-13-7-3-4-9-14(13)16/h3-4,7,9,12,17H,5-6,8,10-11H2,1-2H3,(H,18,19). The van der Waals surface area contributed by atoms with Crippen molar-refractivity contribution in [2.45, 2.75) is 45.1 Å². The molecule has 0 radical (unpaired) electrons. The van der Waals surface area contributed by atoms with Crippen molar-refractivity contribution < 1.29 is 9.90 Å². The van der Waals surface area contributed by atoms with E-state index in [9.17, 15) is 9.90 Å². The number of carboxylic acid groups (broad SMARTS) is 1. The molecule has 1 atom stereocenters. The average molecular weight is 261 g/mol. The fourth-order valence-corrected chi connectivity index (χ4v) is 2.85. The molecule has 0 aliphatic heterocycles. The maximum atomic E-state index is 11.9. The third-order valence-electron chi connectivity index (χ3n) is 3.90. The number of nitrogens with one attached hydrogen (secondary N) is 1. The average Bonchev–Trinajstić information content (AvgIpc) is 2.57. The van der Waals surface area contributed by atoms with E-state index in [2.05, 4.69) is 25.2 Å². The van der Waals surface area contributed by atoms with Gasteiger partial charge in [0.1, 0.15) is 5.54 Å². The van der Waals surface area contributed by atoms with Crippen molar-refractivity contribution >= 4 is 5.97 Å². The first-order chi connectivity index (χ1) is 9.06. The summed E-state index contributed by atoms with van der Waals surface area (Å²) >= 11 is 0. The van der Waals surface area contributed by atoms with Gasteiger partial charge >= 0.3 is 5.97 Å². The molecule has 3 heteroatoms. The minimum atomic E-state index is -0.905. The highest BCUT2D eigenvalue weighted by atomic mass is 16.4. The summed E-state index contributed by atoms with van der Waals surface area (Å²) in [6, 6.07) is 7.98. The molecule has 0 amide bonds. The van der Waals surface area contributed by atoms with Gasteiger partial charge in [-0.3, -0.25) is 5.32 Å². The molecular weight excluding hydrogens is 238 g/mol. The van der Waals surface area contributed by atoms with Gasteiger partial charge in [-0.05, 0) is 42.9 Å². The summed E-state index contributed by atoms with van der Waals surface area (Å²) in [5.74, 6) is -0.311. The monoisotopic (exact) mass is 261 g/mol. The summed E-state index contributed by atoms with van der Waals surface area (Å²) in [6.07, 6.45) is 3.67. The van der Waals surface area contributed by atoms with Gasteiger partial charge in [0.15, 0.2) is 0 Å². The van der Waals surface area contributed by atoms with Gasteiger partial charge < -0.3 is 5.11 Å². The maximum absolute atomic E-state index is 11.9. The number of carbonyl (C=O) groups is 1. The predicted molar refractivity (Wildman–Crippen MR) is 76.2 cm³/mol. The number of benzene rings is 1. The highest BCUT2D eigenvalue weighted by Gasteiger charge is 2.41. The van der Waals surface area contributed by atoms with Crippen LogP contribution in [0.3, 0.4) is 0 Å². The second-order valence-electron chi connectivity index (χ2n) is 5.85. The molecule has 1 aliphatic rings. The van der Waals surface area contributed by atoms with E-state index in [1.54, 1.807) is 0 Å². The number of hydrogen-bond donors (Lipinski definition) is 2. The Balaban J connectivity index is 2.43. The quantitative estimate of drug-likeness (QED) is 0.819. The smallest absolute Gasteiger partial charge is 0.328 e. The molecule has 0 saturated heterocycles. The molecule has 104 valence electrons. The zero-order valence-corrected chi connectivity index (χ0v) is 11.8. The second kappa shape index (κ2) is 5.74. The number of rotatable bonds is 4. The minimum absolute atomic E-state index is 0.437. The summed E-state index contributed by atoms with van der Waals surface area (Å²) < 4.78 is 0. The van der Waals surface area contributed by atoms with Gasteiger partial charge in [0.25, 0.3) is 0 Å². The Morgan fingerprint density at radius 2 is 2.11 bits per heavy atom. The summed E-state index contributed by atoms with van der Waals surface area (Å²) in [4.78, 5) is 11.9. The highest BCUT2D eigenvalue weighted by molar-refractivity contribution is 5.81. The van der Waals surface area contributed by atoms with E-state index in [1.807, 2.05) is 18.2 Å². The zero-order valence-electron chi connectivity index (χ0n) is 11.8. The van der Waals surface area contributed by atoms with Crippen molar-refractivity contribution in [2.24, 2.45) is 5.92 Å². The van der Waals surface area contributed by atoms with E-state index in [0.29, 0.717) is 12.3 Å². The molecule has 1 aromatic carbocycles. The normalized spacial score (nSPS) is 22.9. The van der Waals surface area contributed by atoms with E-state index in [1.165, 1.54) is 5.56 Å². The number of aryl methyl sites for hydroxylation is 1. The number of aliphatic carboxylic acids is 1. The van der Waals surface area contributed by atoms with Crippen molar-refractivity contribution in [1.82, 2.24) is 5.32 Å². The van der Waals surface area contributed by atoms with Crippen LogP contribution >= 0.6 is 0 Å². The van der Waals surface area contributed by atoms with Crippen LogP contribution in [0.4, 0.5) is 0 Å². The van der Waals surface area contributed by atoms with Gasteiger partial charge in [-0.15, -0.1) is 0 Å². The third kappa shape index (κ3) is 2.81. The van der Waals surface area contributed by atoms with Gasteiger partial charge in [-0.25, -0.2) is 4.79 Å². The first kappa shape index (κ1) is 14.1. The molecule has 3 nitrogen and oxygen atoms in total. The molecule has 19 heavy (non-hydrogen) atoms. The maximum Gasteiger partial charge on any atom is 0.328 e. The highest BCUT2D eigenvalue weighted by Crippen LogP contribution is 2.34. The number of hydrogen-bond acceptors (Lipinski definition) is 2. The van der Waals surface area contributed by atoms with E-state index < -0.39 is 11.5 Å². The molecule has 0 aromatic heterocycles. The zero-order chi connectivity index (χ0) is 13.9. The Labute approximate surface area is 115 Å². The van der Waals surface area contributed by atoms with E-state index >= 15 is 0 Å². The molecule has 2 N–H and O–H groups in total. The van der Waals surface area contributed by atoms with Crippen LogP contribution in [0.5, 0.6) is 0 Å². The van der Waals surface area contributed by atoms with E-state index in [0.717, 1.165) is 31.4 Å². The number of carboxylic acids is 1. The topological polar surface area (TPSA) is 49.3 Å². The van der Waals surface area contributed by atoms with Gasteiger partial charge in [0, 0.05) is 0 Å². The van der Waals surface area contributed by atoms with Crippen LogP contribution in [0.1, 0.15) is 44.2 Å². The summed E-state index contributed by atoms with van der Waals surface area (Å²) in [7, 11) is 0. The van der Waals surface area contributed by atoms with Gasteiger partial charge in [-0.2, -0.15) is 0 Å². The molecule has 1 unspecified atom stereocenters. The van der Waals surface area contributed by atoms with Crippen LogP contribution in [0.25, 0.3) is 0 Å². The molecule has 0 bridgehead atoms. The van der Waals surface area contributed by atoms with Crippen molar-refractivity contribution in [3.05, 3.63) is 35.4 Å². The molecule has 0 fully saturated rings. The molecule has 1 aromatic rings. The van der Waals surface area contributed by atoms with Crippen LogP contribution < -0.4 is 5.32 Å². The largest absolute Gasteiger partial charge is 0.480 e. The molecule has 1 aliphatic carbocycles. The van der Waals surface area contributed by atoms with Crippen molar-refractivity contribution in [2.75, 3.05) is 6.54 Å². The first-order valence-electron chi connectivity index (χ1n) is 7.13. The van der Waals surface area contributed by atoms with Crippen molar-refractivity contribution in [3.8, 4) is 0 Å². The Morgan fingerprint density at radius 3 is 2.79 bits per heavy atom. The molecule has 0 saturated carbocycles. The van der Waals surface area contributed by atoms with Crippen LogP contribution in [-0.2, 0) is 16.8 Å². The molecule has 2 rings (SSSR count). The summed E-state index contributed by atoms with van der Waals surface area (Å²) in [6.45, 7) is 4.93. The molecule has 0 spiro atoms. The number of fused-ring (bicyclic) bond motifs is 1. The SMILES string of the molecule is CC(C)CNC1(C(=O)O)CCCCc2ccccc21. The Kier molecular flexibility index (Phi) is 4.25. The van der Waals surface area contributed by atoms with Crippen LogP contribution in [0.2, 0.25) is 0 Å². The van der Waals surface area contributed by atoms with Crippen molar-refractivity contribution in [1.29, 1.82) is 0 Å². The first-order valence-corrected chi connectivity index (χ1v) is 7.13. The fraction of sp³-hybridized carbons (Fsp3) is 0.562. The van der Waals surface area contributed by atoms with Crippen molar-refractivity contribution in [3.63, 3.8) is 0 Å².